The van der Waals surface area contributed by atoms with Crippen LogP contribution in [-0.2, 0) is 43.9 Å². The van der Waals surface area contributed by atoms with Crippen LogP contribution < -0.4 is 20.5 Å². The topological polar surface area (TPSA) is 219 Å². The van der Waals surface area contributed by atoms with E-state index in [9.17, 15) is 19.2 Å². The maximum absolute atomic E-state index is 15.5. The summed E-state index contributed by atoms with van der Waals surface area (Å²) in [5, 5.41) is 19.1. The van der Waals surface area contributed by atoms with Crippen LogP contribution in [0.1, 0.15) is 111 Å². The molecule has 3 N–H and O–H groups in total. The van der Waals surface area contributed by atoms with Crippen LogP contribution in [0.25, 0.3) is 11.3 Å². The van der Waals surface area contributed by atoms with Crippen LogP contribution in [0.2, 0.25) is 10.0 Å². The average Bonchev–Trinajstić information content (AvgIpc) is 2.76. The molecule has 1 fully saturated rings. The van der Waals surface area contributed by atoms with E-state index in [1.807, 2.05) is 71.3 Å². The second-order valence-electron chi connectivity index (χ2n) is 22.4. The molecular formula is C62H71Cl2FN12O7. The number of amidine groups is 1. The van der Waals surface area contributed by atoms with Crippen molar-refractivity contribution in [1.29, 1.82) is 5.26 Å². The molecule has 19 nitrogen and oxygen atoms in total. The number of halogens is 3. The van der Waals surface area contributed by atoms with E-state index < -0.39 is 28.9 Å². The van der Waals surface area contributed by atoms with Crippen LogP contribution in [0.4, 0.5) is 15.0 Å². The molecule has 5 heterocycles. The van der Waals surface area contributed by atoms with Crippen molar-refractivity contribution in [1.82, 2.24) is 44.7 Å². The highest BCUT2D eigenvalue weighted by Gasteiger charge is 2.60. The Bertz CT molecular complexity index is 3470. The van der Waals surface area contributed by atoms with Gasteiger partial charge in [0.25, 0.3) is 11.8 Å². The van der Waals surface area contributed by atoms with E-state index in [2.05, 4.69) is 73.0 Å². The molecule has 0 spiro atoms. The number of hydrogen-bond acceptors (Lipinski definition) is 14. The first kappa shape index (κ1) is 60.9. The number of nitrogens with two attached hydrogens (primary N) is 1. The van der Waals surface area contributed by atoms with Gasteiger partial charge in [0, 0.05) is 73.9 Å². The number of piperazine rings is 1. The smallest absolute Gasteiger partial charge is 0.326 e. The molecule has 0 unspecified atom stereocenters. The summed E-state index contributed by atoms with van der Waals surface area (Å²) in [4.78, 5) is 64.1. The van der Waals surface area contributed by atoms with E-state index in [0.717, 1.165) is 22.3 Å². The van der Waals surface area contributed by atoms with E-state index in [-0.39, 0.29) is 85.3 Å². The maximum Gasteiger partial charge on any atom is 0.326 e. The number of nitriles is 1. The SMILES string of the molecule is CCOc1cc(C(C)(C)C)ccc1C1=N[C@](C)(c2ccc(Cl)cc2)[C@](C)(c2ccc(Cl)cc2)N1C(=O)N1CCN(CCOCCOCCC(=O)NCCn2nc3c(c2C#N)-c2cnc(N)c(n2)O[C@H](C)c2cc(F)ccc2C(=O)N(C)C3)CC1. The summed E-state index contributed by atoms with van der Waals surface area (Å²) >= 11 is 13.0. The fraction of sp³-hybridized carbons (Fsp3) is 0.419. The second-order valence-corrected chi connectivity index (χ2v) is 23.2. The molecule has 3 aliphatic heterocycles. The van der Waals surface area contributed by atoms with Gasteiger partial charge in [0.1, 0.15) is 46.3 Å². The molecule has 0 aliphatic carbocycles. The van der Waals surface area contributed by atoms with Crippen molar-refractivity contribution in [2.45, 2.75) is 90.6 Å². The second kappa shape index (κ2) is 25.7. The molecular weight excluding hydrogens is 1110 g/mol. The minimum Gasteiger partial charge on any atom is -0.493 e. The highest BCUT2D eigenvalue weighted by Crippen LogP contribution is 2.54. The van der Waals surface area contributed by atoms with Crippen LogP contribution in [0.5, 0.6) is 11.6 Å². The molecule has 442 valence electrons. The van der Waals surface area contributed by atoms with E-state index in [1.165, 1.54) is 34.0 Å². The van der Waals surface area contributed by atoms with Gasteiger partial charge in [-0.2, -0.15) is 10.4 Å². The standard InChI is InChI=1S/C62H71Cl2FN12O7/c1-9-83-52-34-42(60(3,4)5)14-20-47(52)56-71-61(6,40-10-15-43(63)16-11-40)62(7,41-12-17-44(64)18-13-41)77(56)59(80)75-27-25-74(26-28-75)29-31-82-33-32-81-30-22-53(78)68-23-24-76-51(36-66)54-49-37-69-55(67)57(70-49)84-39(2)48-35-45(65)19-21-46(48)58(79)73(8)38-50(54)72-76/h10-21,34-35,37,39H,9,22-33,38H2,1-8H3,(H2,67,69)(H,68,78)/t39-,61-,62+/m1/s1. The summed E-state index contributed by atoms with van der Waals surface area (Å²) < 4.78 is 40.0. The zero-order valence-electron chi connectivity index (χ0n) is 48.7. The first-order valence-electron chi connectivity index (χ1n) is 28.1. The van der Waals surface area contributed by atoms with Crippen LogP contribution in [-0.4, -0.2) is 142 Å². The van der Waals surface area contributed by atoms with Gasteiger partial charge in [-0.25, -0.2) is 19.2 Å². The van der Waals surface area contributed by atoms with Crippen LogP contribution in [0.15, 0.2) is 96.1 Å². The number of rotatable bonds is 17. The molecule has 2 aromatic heterocycles. The van der Waals surface area contributed by atoms with Gasteiger partial charge >= 0.3 is 6.03 Å². The van der Waals surface area contributed by atoms with E-state index >= 15 is 4.79 Å². The summed E-state index contributed by atoms with van der Waals surface area (Å²) in [6.45, 7) is 18.9. The monoisotopic (exact) mass is 1180 g/mol. The number of amides is 4. The Morgan fingerprint density at radius 1 is 0.905 bits per heavy atom. The lowest BCUT2D eigenvalue weighted by Crippen LogP contribution is -2.60. The number of nitrogen functional groups attached to an aromatic ring is 1. The van der Waals surface area contributed by atoms with Gasteiger partial charge in [-0.3, -0.25) is 29.1 Å². The largest absolute Gasteiger partial charge is 0.493 e. The minimum atomic E-state index is -1.05. The molecule has 3 atom stereocenters. The van der Waals surface area contributed by atoms with Crippen molar-refractivity contribution < 1.29 is 37.7 Å². The van der Waals surface area contributed by atoms with Gasteiger partial charge in [0.15, 0.2) is 5.82 Å². The third-order valence-electron chi connectivity index (χ3n) is 15.9. The lowest BCUT2D eigenvalue weighted by atomic mass is 9.71. The molecule has 4 aromatic carbocycles. The number of carbonyl (C=O) groups is 3. The highest BCUT2D eigenvalue weighted by molar-refractivity contribution is 6.30. The lowest BCUT2D eigenvalue weighted by Gasteiger charge is -2.47. The molecule has 4 amide bonds. The number of benzene rings is 4. The van der Waals surface area contributed by atoms with Crippen molar-refractivity contribution in [2.75, 3.05) is 85.1 Å². The Morgan fingerprint density at radius 3 is 2.24 bits per heavy atom. The lowest BCUT2D eigenvalue weighted by molar-refractivity contribution is -0.122. The van der Waals surface area contributed by atoms with Crippen LogP contribution >= 0.6 is 23.2 Å². The van der Waals surface area contributed by atoms with Gasteiger partial charge in [-0.15, -0.1) is 0 Å². The van der Waals surface area contributed by atoms with Gasteiger partial charge in [0.2, 0.25) is 5.91 Å². The van der Waals surface area contributed by atoms with Crippen molar-refractivity contribution in [2.24, 2.45) is 4.99 Å². The zero-order valence-corrected chi connectivity index (χ0v) is 50.2. The normalized spacial score (nSPS) is 19.1. The van der Waals surface area contributed by atoms with E-state index in [1.54, 1.807) is 14.0 Å². The number of nitrogens with zero attached hydrogens (tertiary/aromatic N) is 10. The number of anilines is 1. The fourth-order valence-corrected chi connectivity index (χ4v) is 11.2. The summed E-state index contributed by atoms with van der Waals surface area (Å²) in [7, 11) is 1.58. The predicted molar refractivity (Wildman–Crippen MR) is 319 cm³/mol. The van der Waals surface area contributed by atoms with Crippen molar-refractivity contribution in [3.63, 3.8) is 0 Å². The van der Waals surface area contributed by atoms with Crippen LogP contribution in [0.3, 0.4) is 0 Å². The van der Waals surface area contributed by atoms with Gasteiger partial charge in [-0.1, -0.05) is 74.3 Å². The number of aliphatic imine (C=N–C) groups is 1. The summed E-state index contributed by atoms with van der Waals surface area (Å²) in [6.07, 6.45) is 0.649. The quantitative estimate of drug-likeness (QED) is 0.0814. The number of urea groups is 1. The molecule has 9 rings (SSSR count). The van der Waals surface area contributed by atoms with E-state index in [0.29, 0.717) is 91.0 Å². The Kier molecular flexibility index (Phi) is 18.6. The Morgan fingerprint density at radius 2 is 1.57 bits per heavy atom. The molecule has 3 aliphatic rings. The van der Waals surface area contributed by atoms with E-state index in [4.69, 9.17) is 58.0 Å². The summed E-state index contributed by atoms with van der Waals surface area (Å²) in [6, 6.07) is 27.3. The van der Waals surface area contributed by atoms with Crippen molar-refractivity contribution in [3.05, 3.63) is 152 Å². The number of fused-ring (bicyclic) bond motifs is 5. The Balaban J connectivity index is 0.772. The average molecular weight is 1190 g/mol. The first-order valence-corrected chi connectivity index (χ1v) is 28.9. The van der Waals surface area contributed by atoms with Crippen molar-refractivity contribution >= 4 is 52.7 Å². The van der Waals surface area contributed by atoms with Crippen LogP contribution in [0, 0.1) is 17.1 Å². The number of aromatic nitrogens is 4. The third kappa shape index (κ3) is 12.7. The molecule has 1 saturated heterocycles. The molecule has 0 saturated carbocycles. The molecule has 2 bridgehead atoms. The highest BCUT2D eigenvalue weighted by atomic mass is 35.5. The minimum absolute atomic E-state index is 0.0303. The number of carbonyl (C=O) groups excluding carboxylic acids is 3. The summed E-state index contributed by atoms with van der Waals surface area (Å²) in [5.74, 6) is -0.153. The van der Waals surface area contributed by atoms with Crippen molar-refractivity contribution in [3.8, 4) is 29.0 Å². The number of ether oxygens (including phenoxy) is 4. The molecule has 6 aromatic rings. The molecule has 84 heavy (non-hydrogen) atoms. The van der Waals surface area contributed by atoms with Gasteiger partial charge in [-0.05, 0) is 104 Å². The predicted octanol–water partition coefficient (Wildman–Crippen LogP) is 9.53. The van der Waals surface area contributed by atoms with Gasteiger partial charge < -0.3 is 39.8 Å². The Labute approximate surface area is 499 Å². The third-order valence-corrected chi connectivity index (χ3v) is 16.4. The van der Waals surface area contributed by atoms with Gasteiger partial charge in [0.05, 0.1) is 74.8 Å². The molecule has 0 radical (unpaired) electrons. The molecule has 22 heteroatoms. The maximum atomic E-state index is 15.5. The summed E-state index contributed by atoms with van der Waals surface area (Å²) in [5.41, 5.74) is 9.06. The zero-order chi connectivity index (χ0) is 60.1. The fourth-order valence-electron chi connectivity index (χ4n) is 10.9. The number of nitrogens with one attached hydrogen (secondary N) is 1. The number of hydrogen-bond donors (Lipinski definition) is 2. The Hall–Kier alpha value is -7.67. The first-order chi connectivity index (χ1) is 40.1.